The van der Waals surface area contributed by atoms with Gasteiger partial charge in [-0.15, -0.1) is 0 Å². The van der Waals surface area contributed by atoms with E-state index in [0.717, 1.165) is 11.3 Å². The number of nitrogens with one attached hydrogen (secondary N) is 2. The van der Waals surface area contributed by atoms with Gasteiger partial charge in [-0.1, -0.05) is 23.7 Å². The molecule has 0 aliphatic carbocycles. The Bertz CT molecular complexity index is 499. The van der Waals surface area contributed by atoms with Crippen molar-refractivity contribution in [2.24, 2.45) is 5.73 Å². The maximum absolute atomic E-state index is 12.2. The molecule has 21 heavy (non-hydrogen) atoms. The van der Waals surface area contributed by atoms with Gasteiger partial charge in [0.15, 0.2) is 0 Å². The zero-order chi connectivity index (χ0) is 15.8. The average molecular weight is 330 g/mol. The van der Waals surface area contributed by atoms with E-state index in [-0.39, 0.29) is 11.9 Å². The SMILES string of the molecule is CSCCC(NC(N)=O)C(=O)NC(C)c1cccc(Cl)c1. The molecule has 116 valence electrons. The van der Waals surface area contributed by atoms with Crippen LogP contribution in [-0.2, 0) is 4.79 Å². The summed E-state index contributed by atoms with van der Waals surface area (Å²) in [5.41, 5.74) is 6.01. The first kappa shape index (κ1) is 17.7. The van der Waals surface area contributed by atoms with Gasteiger partial charge < -0.3 is 16.4 Å². The van der Waals surface area contributed by atoms with Crippen LogP contribution in [0.4, 0.5) is 4.79 Å². The van der Waals surface area contributed by atoms with Gasteiger partial charge in [0.2, 0.25) is 5.91 Å². The maximum Gasteiger partial charge on any atom is 0.312 e. The Labute approximate surface area is 134 Å². The first-order valence-electron chi connectivity index (χ1n) is 6.54. The van der Waals surface area contributed by atoms with Crippen LogP contribution in [-0.4, -0.2) is 30.0 Å². The molecule has 7 heteroatoms. The number of hydrogen-bond donors (Lipinski definition) is 3. The lowest BCUT2D eigenvalue weighted by molar-refractivity contribution is -0.123. The lowest BCUT2D eigenvalue weighted by atomic mass is 10.1. The zero-order valence-electron chi connectivity index (χ0n) is 12.1. The molecule has 1 aromatic carbocycles. The van der Waals surface area contributed by atoms with Crippen LogP contribution in [0.15, 0.2) is 24.3 Å². The molecule has 0 radical (unpaired) electrons. The lowest BCUT2D eigenvalue weighted by Crippen LogP contribution is -2.49. The maximum atomic E-state index is 12.2. The number of amides is 3. The molecule has 2 unspecified atom stereocenters. The highest BCUT2D eigenvalue weighted by Crippen LogP contribution is 2.17. The van der Waals surface area contributed by atoms with Crippen LogP contribution in [0.2, 0.25) is 5.02 Å². The van der Waals surface area contributed by atoms with Crippen molar-refractivity contribution in [1.82, 2.24) is 10.6 Å². The van der Waals surface area contributed by atoms with Crippen molar-refractivity contribution in [2.45, 2.75) is 25.4 Å². The van der Waals surface area contributed by atoms with Crippen LogP contribution in [0.25, 0.3) is 0 Å². The van der Waals surface area contributed by atoms with Gasteiger partial charge in [0.25, 0.3) is 0 Å². The molecule has 2 atom stereocenters. The molecule has 4 N–H and O–H groups in total. The molecule has 0 saturated carbocycles. The van der Waals surface area contributed by atoms with Gasteiger partial charge in [0.1, 0.15) is 6.04 Å². The predicted molar refractivity (Wildman–Crippen MR) is 87.5 cm³/mol. The van der Waals surface area contributed by atoms with Crippen molar-refractivity contribution in [2.75, 3.05) is 12.0 Å². The number of halogens is 1. The molecule has 0 aliphatic rings. The predicted octanol–water partition coefficient (Wildman–Crippen LogP) is 2.31. The number of urea groups is 1. The van der Waals surface area contributed by atoms with Crippen LogP contribution in [0.5, 0.6) is 0 Å². The topological polar surface area (TPSA) is 84.2 Å². The number of primary amides is 1. The Morgan fingerprint density at radius 3 is 2.67 bits per heavy atom. The van der Waals surface area contributed by atoms with Crippen LogP contribution >= 0.6 is 23.4 Å². The molecule has 1 aromatic rings. The Morgan fingerprint density at radius 2 is 2.10 bits per heavy atom. The third kappa shape index (κ3) is 6.27. The molecule has 3 amide bonds. The van der Waals surface area contributed by atoms with Crippen molar-refractivity contribution in [1.29, 1.82) is 0 Å². The van der Waals surface area contributed by atoms with E-state index in [9.17, 15) is 9.59 Å². The second-order valence-corrected chi connectivity index (χ2v) is 6.05. The smallest absolute Gasteiger partial charge is 0.312 e. The monoisotopic (exact) mass is 329 g/mol. The number of carbonyl (C=O) groups is 2. The number of rotatable bonds is 7. The standard InChI is InChI=1S/C14H20ClN3O2S/c1-9(10-4-3-5-11(15)8-10)17-13(19)12(6-7-21-2)18-14(16)20/h3-5,8-9,12H,6-7H2,1-2H3,(H,17,19)(H3,16,18,20). The molecule has 5 nitrogen and oxygen atoms in total. The molecule has 0 aliphatic heterocycles. The van der Waals surface area contributed by atoms with Gasteiger partial charge in [0, 0.05) is 5.02 Å². The largest absolute Gasteiger partial charge is 0.352 e. The molecule has 1 rings (SSSR count). The van der Waals surface area contributed by atoms with E-state index in [1.54, 1.807) is 23.9 Å². The Morgan fingerprint density at radius 1 is 1.38 bits per heavy atom. The van der Waals surface area contributed by atoms with Crippen molar-refractivity contribution >= 4 is 35.3 Å². The van der Waals surface area contributed by atoms with E-state index in [1.807, 2.05) is 25.3 Å². The number of hydrogen-bond acceptors (Lipinski definition) is 3. The summed E-state index contributed by atoms with van der Waals surface area (Å²) in [5, 5.41) is 5.94. The highest BCUT2D eigenvalue weighted by Gasteiger charge is 2.21. The molecule has 0 fully saturated rings. The van der Waals surface area contributed by atoms with Gasteiger partial charge in [-0.3, -0.25) is 4.79 Å². The summed E-state index contributed by atoms with van der Waals surface area (Å²) in [6.45, 7) is 1.86. The Kier molecular flexibility index (Phi) is 7.39. The molecule has 0 bridgehead atoms. The summed E-state index contributed by atoms with van der Waals surface area (Å²) in [4.78, 5) is 23.2. The third-order valence-electron chi connectivity index (χ3n) is 2.95. The second kappa shape index (κ2) is 8.79. The molecular weight excluding hydrogens is 310 g/mol. The minimum absolute atomic E-state index is 0.206. The number of carbonyl (C=O) groups excluding carboxylic acids is 2. The highest BCUT2D eigenvalue weighted by atomic mass is 35.5. The quantitative estimate of drug-likeness (QED) is 0.717. The minimum Gasteiger partial charge on any atom is -0.352 e. The minimum atomic E-state index is -0.702. The van der Waals surface area contributed by atoms with Crippen molar-refractivity contribution in [3.8, 4) is 0 Å². The van der Waals surface area contributed by atoms with Crippen molar-refractivity contribution in [3.05, 3.63) is 34.9 Å². The third-order valence-corrected chi connectivity index (χ3v) is 3.83. The van der Waals surface area contributed by atoms with Gasteiger partial charge in [-0.05, 0) is 43.0 Å². The zero-order valence-corrected chi connectivity index (χ0v) is 13.6. The van der Waals surface area contributed by atoms with Crippen molar-refractivity contribution in [3.63, 3.8) is 0 Å². The molecule has 0 heterocycles. The molecule has 0 aromatic heterocycles. The highest BCUT2D eigenvalue weighted by molar-refractivity contribution is 7.98. The van der Waals surface area contributed by atoms with Gasteiger partial charge in [0.05, 0.1) is 6.04 Å². The van der Waals surface area contributed by atoms with Crippen LogP contribution in [0.1, 0.15) is 24.9 Å². The first-order chi connectivity index (χ1) is 9.93. The van der Waals surface area contributed by atoms with Crippen LogP contribution < -0.4 is 16.4 Å². The molecular formula is C14H20ClN3O2S. The van der Waals surface area contributed by atoms with E-state index in [0.29, 0.717) is 11.4 Å². The Balaban J connectivity index is 2.68. The number of nitrogens with two attached hydrogens (primary N) is 1. The fourth-order valence-corrected chi connectivity index (χ4v) is 2.52. The van der Waals surface area contributed by atoms with Crippen molar-refractivity contribution < 1.29 is 9.59 Å². The van der Waals surface area contributed by atoms with Crippen LogP contribution in [0, 0.1) is 0 Å². The summed E-state index contributed by atoms with van der Waals surface area (Å²) in [6, 6.07) is 5.74. The molecule has 0 saturated heterocycles. The molecule has 0 spiro atoms. The lowest BCUT2D eigenvalue weighted by Gasteiger charge is -2.20. The fraction of sp³-hybridized carbons (Fsp3) is 0.429. The first-order valence-corrected chi connectivity index (χ1v) is 8.32. The average Bonchev–Trinajstić information content (AvgIpc) is 2.42. The normalized spacial score (nSPS) is 13.3. The fourth-order valence-electron chi connectivity index (χ4n) is 1.85. The van der Waals surface area contributed by atoms with E-state index in [1.165, 1.54) is 0 Å². The Hall–Kier alpha value is -1.40. The summed E-state index contributed by atoms with van der Waals surface area (Å²) in [6.07, 6.45) is 2.46. The summed E-state index contributed by atoms with van der Waals surface area (Å²) in [7, 11) is 0. The van der Waals surface area contributed by atoms with Crippen LogP contribution in [0.3, 0.4) is 0 Å². The van der Waals surface area contributed by atoms with E-state index < -0.39 is 12.1 Å². The summed E-state index contributed by atoms with van der Waals surface area (Å²) < 4.78 is 0. The van der Waals surface area contributed by atoms with E-state index >= 15 is 0 Å². The number of benzene rings is 1. The van der Waals surface area contributed by atoms with E-state index in [4.69, 9.17) is 17.3 Å². The second-order valence-electron chi connectivity index (χ2n) is 4.63. The summed E-state index contributed by atoms with van der Waals surface area (Å²) >= 11 is 7.54. The van der Waals surface area contributed by atoms with Gasteiger partial charge >= 0.3 is 6.03 Å². The van der Waals surface area contributed by atoms with E-state index in [2.05, 4.69) is 10.6 Å². The summed E-state index contributed by atoms with van der Waals surface area (Å²) in [5.74, 6) is 0.500. The van der Waals surface area contributed by atoms with Gasteiger partial charge in [-0.25, -0.2) is 4.79 Å². The number of thioether (sulfide) groups is 1. The van der Waals surface area contributed by atoms with Gasteiger partial charge in [-0.2, -0.15) is 11.8 Å².